The van der Waals surface area contributed by atoms with Gasteiger partial charge in [-0.15, -0.1) is 0 Å². The average Bonchev–Trinajstić information content (AvgIpc) is 2.94. The molecule has 2 aromatic carbocycles. The maximum absolute atomic E-state index is 14.6. The van der Waals surface area contributed by atoms with Crippen LogP contribution in [0.1, 0.15) is 53.0 Å². The van der Waals surface area contributed by atoms with E-state index in [9.17, 15) is 14.0 Å². The second kappa shape index (κ2) is 13.3. The van der Waals surface area contributed by atoms with Crippen LogP contribution in [-0.4, -0.2) is 66.4 Å². The molecular weight excluding hydrogens is 495 g/mol. The van der Waals surface area contributed by atoms with Crippen molar-refractivity contribution in [2.45, 2.75) is 33.2 Å². The molecule has 0 atom stereocenters. The molecule has 206 valence electrons. The van der Waals surface area contributed by atoms with Crippen LogP contribution < -0.4 is 9.64 Å². The number of fused-ring (bicyclic) bond motifs is 1. The molecule has 0 radical (unpaired) electrons. The number of pyridine rings is 1. The molecule has 3 aromatic rings. The van der Waals surface area contributed by atoms with E-state index in [-0.39, 0.29) is 18.4 Å². The van der Waals surface area contributed by atoms with Crippen LogP contribution >= 0.6 is 0 Å². The zero-order valence-electron chi connectivity index (χ0n) is 23.0. The van der Waals surface area contributed by atoms with E-state index in [4.69, 9.17) is 4.74 Å². The smallest absolute Gasteiger partial charge is 0.259 e. The second-order valence-corrected chi connectivity index (χ2v) is 10.3. The van der Waals surface area contributed by atoms with Crippen molar-refractivity contribution >= 4 is 17.5 Å². The van der Waals surface area contributed by atoms with Gasteiger partial charge in [0.2, 0.25) is 0 Å². The van der Waals surface area contributed by atoms with Gasteiger partial charge in [-0.25, -0.2) is 4.39 Å². The number of para-hydroxylation sites is 1. The van der Waals surface area contributed by atoms with E-state index in [2.05, 4.69) is 23.7 Å². The summed E-state index contributed by atoms with van der Waals surface area (Å²) in [5.74, 6) is 0.165. The lowest BCUT2D eigenvalue weighted by Crippen LogP contribution is -2.40. The fourth-order valence-electron chi connectivity index (χ4n) is 5.12. The van der Waals surface area contributed by atoms with Crippen molar-refractivity contribution in [3.8, 4) is 5.75 Å². The summed E-state index contributed by atoms with van der Waals surface area (Å²) < 4.78 is 20.1. The number of rotatable bonds is 5. The predicted molar refractivity (Wildman–Crippen MR) is 151 cm³/mol. The van der Waals surface area contributed by atoms with Gasteiger partial charge < -0.3 is 19.4 Å². The van der Waals surface area contributed by atoms with E-state index < -0.39 is 5.82 Å². The number of anilines is 1. The number of hydrogen-bond acceptors (Lipinski definition) is 5. The van der Waals surface area contributed by atoms with Gasteiger partial charge in [-0.3, -0.25) is 14.6 Å². The normalized spacial score (nSPS) is 15.3. The maximum Gasteiger partial charge on any atom is 0.259 e. The van der Waals surface area contributed by atoms with Crippen LogP contribution in [-0.2, 0) is 6.54 Å². The summed E-state index contributed by atoms with van der Waals surface area (Å²) in [6.07, 6.45) is 4.71. The van der Waals surface area contributed by atoms with E-state index >= 15 is 0 Å². The molecule has 39 heavy (non-hydrogen) atoms. The highest BCUT2D eigenvalue weighted by molar-refractivity contribution is 6.06. The van der Waals surface area contributed by atoms with Crippen molar-refractivity contribution in [2.75, 3.05) is 44.7 Å². The fourth-order valence-corrected chi connectivity index (χ4v) is 5.12. The number of aromatic nitrogens is 1. The number of amides is 2. The summed E-state index contributed by atoms with van der Waals surface area (Å²) >= 11 is 0. The van der Waals surface area contributed by atoms with Crippen molar-refractivity contribution in [1.29, 1.82) is 0 Å². The highest BCUT2D eigenvalue weighted by atomic mass is 19.1. The summed E-state index contributed by atoms with van der Waals surface area (Å²) in [4.78, 5) is 37.5. The Morgan fingerprint density at radius 3 is 2.46 bits per heavy atom. The molecule has 0 spiro atoms. The fraction of sp³-hybridized carbons (Fsp3) is 0.387. The van der Waals surface area contributed by atoms with Crippen LogP contribution in [0.15, 0.2) is 67.0 Å². The van der Waals surface area contributed by atoms with Crippen molar-refractivity contribution < 1.29 is 18.7 Å². The summed E-state index contributed by atoms with van der Waals surface area (Å²) in [7, 11) is 1.54. The highest BCUT2D eigenvalue weighted by Crippen LogP contribution is 2.28. The van der Waals surface area contributed by atoms with Crippen molar-refractivity contribution in [2.24, 2.45) is 5.92 Å². The second-order valence-electron chi connectivity index (χ2n) is 10.3. The Balaban J connectivity index is 1.76. The third-order valence-electron chi connectivity index (χ3n) is 6.85. The van der Waals surface area contributed by atoms with Gasteiger partial charge in [0.15, 0.2) is 0 Å². The molecule has 0 bridgehead atoms. The van der Waals surface area contributed by atoms with Crippen LogP contribution in [0.5, 0.6) is 5.75 Å². The van der Waals surface area contributed by atoms with Gasteiger partial charge in [-0.05, 0) is 79.9 Å². The lowest BCUT2D eigenvalue weighted by molar-refractivity contribution is 0.0730. The minimum Gasteiger partial charge on any atom is -0.496 e. The first-order valence-corrected chi connectivity index (χ1v) is 13.5. The highest BCUT2D eigenvalue weighted by Gasteiger charge is 2.26. The van der Waals surface area contributed by atoms with Gasteiger partial charge in [-0.2, -0.15) is 0 Å². The summed E-state index contributed by atoms with van der Waals surface area (Å²) in [6, 6.07) is 15.0. The molecule has 4 rings (SSSR count). The molecule has 7 nitrogen and oxygen atoms in total. The van der Waals surface area contributed by atoms with E-state index in [0.29, 0.717) is 47.1 Å². The molecule has 1 aliphatic heterocycles. The average molecular weight is 533 g/mol. The minimum absolute atomic E-state index is 0.158. The van der Waals surface area contributed by atoms with Crippen molar-refractivity contribution in [3.05, 3.63) is 89.5 Å². The standard InChI is InChI=1S/C31H37FN4O3/c1-23(2)21-34-15-7-17-35(31(38)27-10-4-5-11-29(27)39-3)22-25-19-26(32)12-13-28(25)36(18-8-16-34)30(37)24-9-6-14-33-20-24/h4-6,9-14,19-20,23H,7-8,15-18,21-22H2,1-3H3. The SMILES string of the molecule is COc1ccccc1C(=O)N1CCCN(CC(C)C)CCCN(C(=O)c2cccnc2)c2ccc(F)cc2C1. The van der Waals surface area contributed by atoms with Crippen LogP contribution in [0, 0.1) is 11.7 Å². The van der Waals surface area contributed by atoms with E-state index in [1.165, 1.54) is 12.1 Å². The number of ether oxygens (including phenoxy) is 1. The van der Waals surface area contributed by atoms with E-state index in [0.717, 1.165) is 32.5 Å². The molecule has 0 saturated carbocycles. The summed E-state index contributed by atoms with van der Waals surface area (Å²) in [5.41, 5.74) is 2.09. The Morgan fingerprint density at radius 1 is 0.974 bits per heavy atom. The number of carbonyl (C=O) groups excluding carboxylic acids is 2. The van der Waals surface area contributed by atoms with Gasteiger partial charge in [-0.1, -0.05) is 26.0 Å². The number of benzene rings is 2. The number of carbonyl (C=O) groups is 2. The number of hydrogen-bond donors (Lipinski definition) is 0. The van der Waals surface area contributed by atoms with Crippen molar-refractivity contribution in [3.63, 3.8) is 0 Å². The molecule has 0 unspecified atom stereocenters. The molecule has 0 aliphatic carbocycles. The van der Waals surface area contributed by atoms with Gasteiger partial charge in [0.05, 0.1) is 18.2 Å². The first-order chi connectivity index (χ1) is 18.9. The lowest BCUT2D eigenvalue weighted by Gasteiger charge is -2.32. The van der Waals surface area contributed by atoms with E-state index in [1.54, 1.807) is 65.7 Å². The predicted octanol–water partition coefficient (Wildman–Crippen LogP) is 5.27. The number of halogens is 1. The van der Waals surface area contributed by atoms with Crippen LogP contribution in [0.4, 0.5) is 10.1 Å². The zero-order chi connectivity index (χ0) is 27.8. The molecule has 0 saturated heterocycles. The molecule has 0 fully saturated rings. The Labute approximate surface area is 230 Å². The quantitative estimate of drug-likeness (QED) is 0.448. The van der Waals surface area contributed by atoms with Gasteiger partial charge in [0, 0.05) is 44.3 Å². The molecular formula is C31H37FN4O3. The third kappa shape index (κ3) is 7.20. The minimum atomic E-state index is -0.414. The first kappa shape index (κ1) is 28.2. The Kier molecular flexibility index (Phi) is 9.65. The van der Waals surface area contributed by atoms with Gasteiger partial charge >= 0.3 is 0 Å². The maximum atomic E-state index is 14.6. The van der Waals surface area contributed by atoms with Gasteiger partial charge in [0.25, 0.3) is 11.8 Å². The largest absolute Gasteiger partial charge is 0.496 e. The molecule has 1 aromatic heterocycles. The topological polar surface area (TPSA) is 66.0 Å². The monoisotopic (exact) mass is 532 g/mol. The lowest BCUT2D eigenvalue weighted by atomic mass is 10.1. The van der Waals surface area contributed by atoms with Crippen LogP contribution in [0.2, 0.25) is 0 Å². The molecule has 2 amide bonds. The van der Waals surface area contributed by atoms with E-state index in [1.807, 2.05) is 6.07 Å². The Bertz CT molecular complexity index is 1270. The van der Waals surface area contributed by atoms with Crippen molar-refractivity contribution in [1.82, 2.24) is 14.8 Å². The summed E-state index contributed by atoms with van der Waals surface area (Å²) in [6.45, 7) is 8.04. The Morgan fingerprint density at radius 2 is 1.74 bits per heavy atom. The molecule has 1 aliphatic rings. The first-order valence-electron chi connectivity index (χ1n) is 13.5. The molecule has 0 N–H and O–H groups in total. The van der Waals surface area contributed by atoms with Gasteiger partial charge in [0.1, 0.15) is 11.6 Å². The number of nitrogens with zero attached hydrogens (tertiary/aromatic N) is 4. The van der Waals surface area contributed by atoms with Crippen LogP contribution in [0.3, 0.4) is 0 Å². The molecule has 8 heteroatoms. The zero-order valence-corrected chi connectivity index (χ0v) is 23.0. The Hall–Kier alpha value is -3.78. The number of methoxy groups -OCH3 is 1. The third-order valence-corrected chi connectivity index (χ3v) is 6.85. The summed E-state index contributed by atoms with van der Waals surface area (Å²) in [5, 5.41) is 0. The molecule has 2 heterocycles. The van der Waals surface area contributed by atoms with Crippen LogP contribution in [0.25, 0.3) is 0 Å².